The Hall–Kier alpha value is -0.860. The summed E-state index contributed by atoms with van der Waals surface area (Å²) in [6, 6.07) is 9.19. The van der Waals surface area contributed by atoms with Gasteiger partial charge in [0.15, 0.2) is 0 Å². The Morgan fingerprint density at radius 3 is 2.29 bits per heavy atom. The summed E-state index contributed by atoms with van der Waals surface area (Å²) in [7, 11) is 0. The van der Waals surface area contributed by atoms with E-state index in [1.165, 1.54) is 11.1 Å². The zero-order chi connectivity index (χ0) is 12.5. The molecule has 0 aromatic heterocycles. The van der Waals surface area contributed by atoms with Gasteiger partial charge < -0.3 is 10.4 Å². The minimum absolute atomic E-state index is 0.0172. The zero-order valence-electron chi connectivity index (χ0n) is 11.0. The number of benzene rings is 1. The molecule has 94 valence electrons. The Labute approximate surface area is 104 Å². The average molecular weight is 233 g/mol. The molecule has 2 heteroatoms. The lowest BCUT2D eigenvalue weighted by Crippen LogP contribution is -2.59. The quantitative estimate of drug-likeness (QED) is 0.837. The van der Waals surface area contributed by atoms with Gasteiger partial charge in [-0.1, -0.05) is 45.0 Å². The van der Waals surface area contributed by atoms with Gasteiger partial charge in [0.05, 0.1) is 6.10 Å². The monoisotopic (exact) mass is 233 g/mol. The number of aliphatic hydroxyl groups is 1. The van der Waals surface area contributed by atoms with Crippen molar-refractivity contribution < 1.29 is 5.11 Å². The number of hydrogen-bond donors (Lipinski definition) is 2. The zero-order valence-corrected chi connectivity index (χ0v) is 11.0. The van der Waals surface area contributed by atoms with E-state index in [1.54, 1.807) is 0 Å². The van der Waals surface area contributed by atoms with Crippen molar-refractivity contribution in [2.24, 2.45) is 5.41 Å². The van der Waals surface area contributed by atoms with Crippen molar-refractivity contribution in [3.05, 3.63) is 35.4 Å². The summed E-state index contributed by atoms with van der Waals surface area (Å²) in [4.78, 5) is 0. The van der Waals surface area contributed by atoms with E-state index in [9.17, 15) is 5.11 Å². The smallest absolute Gasteiger partial charge is 0.0621 e. The highest BCUT2D eigenvalue weighted by atomic mass is 16.3. The Kier molecular flexibility index (Phi) is 3.55. The van der Waals surface area contributed by atoms with E-state index in [0.717, 1.165) is 19.4 Å². The molecule has 0 amide bonds. The SMILES string of the molecule is CCc1ccc(CNC2CC(O)C2(C)C)cc1. The molecule has 17 heavy (non-hydrogen) atoms. The van der Waals surface area contributed by atoms with Gasteiger partial charge in [0, 0.05) is 18.0 Å². The summed E-state index contributed by atoms with van der Waals surface area (Å²) < 4.78 is 0. The van der Waals surface area contributed by atoms with Crippen molar-refractivity contribution in [2.75, 3.05) is 0 Å². The van der Waals surface area contributed by atoms with Gasteiger partial charge in [-0.3, -0.25) is 0 Å². The van der Waals surface area contributed by atoms with Crippen LogP contribution in [0.3, 0.4) is 0 Å². The fourth-order valence-electron chi connectivity index (χ4n) is 2.38. The average Bonchev–Trinajstić information content (AvgIpc) is 2.35. The van der Waals surface area contributed by atoms with Gasteiger partial charge in [-0.15, -0.1) is 0 Å². The number of aliphatic hydroxyl groups excluding tert-OH is 1. The Balaban J connectivity index is 1.86. The predicted octanol–water partition coefficient (Wildman–Crippen LogP) is 2.50. The summed E-state index contributed by atoms with van der Waals surface area (Å²) in [6.45, 7) is 7.31. The Bertz CT molecular complexity index is 369. The minimum Gasteiger partial charge on any atom is -0.392 e. The van der Waals surface area contributed by atoms with E-state index in [2.05, 4.69) is 50.4 Å². The molecule has 0 spiro atoms. The van der Waals surface area contributed by atoms with Crippen LogP contribution >= 0.6 is 0 Å². The van der Waals surface area contributed by atoms with Gasteiger partial charge in [0.25, 0.3) is 0 Å². The van der Waals surface area contributed by atoms with Crippen molar-refractivity contribution in [3.8, 4) is 0 Å². The molecule has 0 bridgehead atoms. The first-order valence-electron chi connectivity index (χ1n) is 6.53. The van der Waals surface area contributed by atoms with Crippen LogP contribution in [0, 0.1) is 5.41 Å². The molecule has 2 rings (SSSR count). The van der Waals surface area contributed by atoms with Crippen LogP contribution in [0.4, 0.5) is 0 Å². The van der Waals surface area contributed by atoms with Crippen LogP contribution in [0.2, 0.25) is 0 Å². The lowest BCUT2D eigenvalue weighted by molar-refractivity contribution is -0.0729. The van der Waals surface area contributed by atoms with Crippen molar-refractivity contribution in [3.63, 3.8) is 0 Å². The normalized spacial score (nSPS) is 26.6. The van der Waals surface area contributed by atoms with Gasteiger partial charge in [0.2, 0.25) is 0 Å². The molecule has 2 atom stereocenters. The lowest BCUT2D eigenvalue weighted by atomic mass is 9.64. The third kappa shape index (κ3) is 2.53. The molecule has 1 fully saturated rings. The molecule has 1 aliphatic carbocycles. The van der Waals surface area contributed by atoms with Crippen LogP contribution in [-0.4, -0.2) is 17.3 Å². The molecule has 1 aromatic rings. The molecular weight excluding hydrogens is 210 g/mol. The number of rotatable bonds is 4. The van der Waals surface area contributed by atoms with Crippen LogP contribution in [0.15, 0.2) is 24.3 Å². The van der Waals surface area contributed by atoms with Gasteiger partial charge in [-0.25, -0.2) is 0 Å². The molecule has 1 aromatic carbocycles. The molecule has 0 saturated heterocycles. The second-order valence-electron chi connectivity index (χ2n) is 5.68. The second-order valence-corrected chi connectivity index (χ2v) is 5.68. The van der Waals surface area contributed by atoms with Gasteiger partial charge in [-0.05, 0) is 24.0 Å². The highest BCUT2D eigenvalue weighted by molar-refractivity contribution is 5.22. The Morgan fingerprint density at radius 2 is 1.82 bits per heavy atom. The largest absolute Gasteiger partial charge is 0.392 e. The summed E-state index contributed by atoms with van der Waals surface area (Å²) >= 11 is 0. The van der Waals surface area contributed by atoms with Crippen LogP contribution in [0.25, 0.3) is 0 Å². The third-order valence-corrected chi connectivity index (χ3v) is 4.20. The third-order valence-electron chi connectivity index (χ3n) is 4.20. The van der Waals surface area contributed by atoms with E-state index in [1.807, 2.05) is 0 Å². The molecular formula is C15H23NO. The predicted molar refractivity (Wildman–Crippen MR) is 70.9 cm³/mol. The molecule has 0 heterocycles. The van der Waals surface area contributed by atoms with Crippen LogP contribution in [0.5, 0.6) is 0 Å². The van der Waals surface area contributed by atoms with Gasteiger partial charge >= 0.3 is 0 Å². The van der Waals surface area contributed by atoms with Crippen molar-refractivity contribution in [1.29, 1.82) is 0 Å². The van der Waals surface area contributed by atoms with Crippen molar-refractivity contribution in [1.82, 2.24) is 5.32 Å². The first kappa shape index (κ1) is 12.6. The molecule has 0 aliphatic heterocycles. The molecule has 1 saturated carbocycles. The number of nitrogens with one attached hydrogen (secondary N) is 1. The standard InChI is InChI=1S/C15H23NO/c1-4-11-5-7-12(8-6-11)10-16-13-9-14(17)15(13,2)3/h5-8,13-14,16-17H,4,9-10H2,1-3H3. The van der Waals surface area contributed by atoms with Crippen LogP contribution in [0.1, 0.15) is 38.3 Å². The molecule has 0 radical (unpaired) electrons. The first-order valence-corrected chi connectivity index (χ1v) is 6.53. The van der Waals surface area contributed by atoms with E-state index < -0.39 is 0 Å². The van der Waals surface area contributed by atoms with Crippen molar-refractivity contribution >= 4 is 0 Å². The maximum absolute atomic E-state index is 9.67. The second kappa shape index (κ2) is 4.79. The summed E-state index contributed by atoms with van der Waals surface area (Å²) in [6.07, 6.45) is 1.82. The topological polar surface area (TPSA) is 32.3 Å². The highest BCUT2D eigenvalue weighted by Crippen LogP contribution is 2.40. The van der Waals surface area contributed by atoms with Crippen molar-refractivity contribution in [2.45, 2.75) is 52.3 Å². The van der Waals surface area contributed by atoms with Crippen LogP contribution < -0.4 is 5.32 Å². The maximum Gasteiger partial charge on any atom is 0.0621 e. The lowest BCUT2D eigenvalue weighted by Gasteiger charge is -2.49. The van der Waals surface area contributed by atoms with E-state index in [4.69, 9.17) is 0 Å². The summed E-state index contributed by atoms with van der Waals surface area (Å²) in [5, 5.41) is 13.2. The van der Waals surface area contributed by atoms with E-state index in [0.29, 0.717) is 6.04 Å². The number of hydrogen-bond acceptors (Lipinski definition) is 2. The Morgan fingerprint density at radius 1 is 1.24 bits per heavy atom. The van der Waals surface area contributed by atoms with E-state index in [-0.39, 0.29) is 11.5 Å². The molecule has 2 nitrogen and oxygen atoms in total. The first-order chi connectivity index (χ1) is 8.04. The molecule has 2 N–H and O–H groups in total. The van der Waals surface area contributed by atoms with E-state index >= 15 is 0 Å². The number of aryl methyl sites for hydroxylation is 1. The van der Waals surface area contributed by atoms with Gasteiger partial charge in [-0.2, -0.15) is 0 Å². The maximum atomic E-state index is 9.67. The minimum atomic E-state index is -0.150. The van der Waals surface area contributed by atoms with Gasteiger partial charge in [0.1, 0.15) is 0 Å². The molecule has 1 aliphatic rings. The highest BCUT2D eigenvalue weighted by Gasteiger charge is 2.46. The van der Waals surface area contributed by atoms with Crippen LogP contribution in [-0.2, 0) is 13.0 Å². The summed E-state index contributed by atoms with van der Waals surface area (Å²) in [5.74, 6) is 0. The molecule has 2 unspecified atom stereocenters. The summed E-state index contributed by atoms with van der Waals surface area (Å²) in [5.41, 5.74) is 2.72. The fourth-order valence-corrected chi connectivity index (χ4v) is 2.38. The fraction of sp³-hybridized carbons (Fsp3) is 0.600.